The molecule has 0 spiro atoms. The van der Waals surface area contributed by atoms with E-state index >= 15 is 0 Å². The topological polar surface area (TPSA) is 46.6 Å². The number of methoxy groups -OCH3 is 1. The van der Waals surface area contributed by atoms with Gasteiger partial charge in [-0.25, -0.2) is 9.29 Å². The molecule has 1 aliphatic rings. The summed E-state index contributed by atoms with van der Waals surface area (Å²) in [6.07, 6.45) is 0. The van der Waals surface area contributed by atoms with Gasteiger partial charge in [-0.3, -0.25) is 9.59 Å². The van der Waals surface area contributed by atoms with Crippen LogP contribution in [0.3, 0.4) is 0 Å². The van der Waals surface area contributed by atoms with Crippen molar-refractivity contribution >= 4 is 46.4 Å². The Labute approximate surface area is 188 Å². The number of halogens is 2. The van der Waals surface area contributed by atoms with Crippen LogP contribution in [-0.4, -0.2) is 18.9 Å². The summed E-state index contributed by atoms with van der Waals surface area (Å²) in [5.74, 6) is -0.550. The van der Waals surface area contributed by atoms with Crippen LogP contribution in [0.15, 0.2) is 77.7 Å². The molecule has 0 unspecified atom stereocenters. The fourth-order valence-electron chi connectivity index (χ4n) is 3.30. The molecule has 156 valence electrons. The lowest BCUT2D eigenvalue weighted by atomic mass is 10.1. The summed E-state index contributed by atoms with van der Waals surface area (Å²) in [4.78, 5) is 28.2. The van der Waals surface area contributed by atoms with Gasteiger partial charge in [0, 0.05) is 10.8 Å². The van der Waals surface area contributed by atoms with E-state index in [1.54, 1.807) is 12.1 Å². The third-order valence-electron chi connectivity index (χ3n) is 4.78. The highest BCUT2D eigenvalue weighted by molar-refractivity contribution is 8.03. The fraction of sp³-hybridized carbons (Fsp3) is 0.0833. The largest absolute Gasteiger partial charge is 0.495 e. The van der Waals surface area contributed by atoms with Crippen molar-refractivity contribution in [2.45, 2.75) is 5.75 Å². The zero-order valence-electron chi connectivity index (χ0n) is 16.5. The number of rotatable bonds is 6. The first-order valence-corrected chi connectivity index (χ1v) is 10.7. The van der Waals surface area contributed by atoms with Crippen LogP contribution in [0.1, 0.15) is 11.1 Å². The summed E-state index contributed by atoms with van der Waals surface area (Å²) in [5.41, 5.74) is 1.98. The van der Waals surface area contributed by atoms with Crippen LogP contribution in [0.2, 0.25) is 5.02 Å². The van der Waals surface area contributed by atoms with E-state index < -0.39 is 17.6 Å². The van der Waals surface area contributed by atoms with Crippen LogP contribution in [-0.2, 0) is 15.3 Å². The standard InChI is InChI=1S/C24H17ClFNO3S/c1-30-20-12-9-17(25)13-19(20)27-23(28)21(16-7-10-18(26)11-8-16)22(24(27)29)31-14-15-5-3-2-4-6-15/h2-13H,14H2,1H3. The Kier molecular flexibility index (Phi) is 6.11. The van der Waals surface area contributed by atoms with Crippen LogP contribution in [0.25, 0.3) is 5.57 Å². The van der Waals surface area contributed by atoms with E-state index in [1.165, 1.54) is 49.2 Å². The minimum absolute atomic E-state index is 0.230. The van der Waals surface area contributed by atoms with Crippen LogP contribution in [0.5, 0.6) is 5.75 Å². The maximum atomic E-state index is 13.5. The van der Waals surface area contributed by atoms with Gasteiger partial charge in [0.1, 0.15) is 11.6 Å². The van der Waals surface area contributed by atoms with Gasteiger partial charge in [0.25, 0.3) is 11.8 Å². The number of amides is 2. The molecule has 0 fully saturated rings. The monoisotopic (exact) mass is 453 g/mol. The second-order valence-electron chi connectivity index (χ2n) is 6.75. The van der Waals surface area contributed by atoms with Gasteiger partial charge in [-0.2, -0.15) is 0 Å². The van der Waals surface area contributed by atoms with Gasteiger partial charge in [-0.15, -0.1) is 11.8 Å². The second kappa shape index (κ2) is 8.96. The summed E-state index contributed by atoms with van der Waals surface area (Å²) in [6, 6.07) is 19.9. The molecule has 0 saturated heterocycles. The highest BCUT2D eigenvalue weighted by Gasteiger charge is 2.41. The van der Waals surface area contributed by atoms with Gasteiger partial charge in [-0.1, -0.05) is 54.1 Å². The number of nitrogens with zero attached hydrogens (tertiary/aromatic N) is 1. The van der Waals surface area contributed by atoms with Crippen molar-refractivity contribution in [3.8, 4) is 5.75 Å². The molecule has 31 heavy (non-hydrogen) atoms. The Morgan fingerprint density at radius 2 is 1.68 bits per heavy atom. The van der Waals surface area contributed by atoms with E-state index in [0.29, 0.717) is 27.0 Å². The molecule has 1 aliphatic heterocycles. The van der Waals surface area contributed by atoms with Crippen LogP contribution in [0, 0.1) is 5.82 Å². The molecule has 7 heteroatoms. The normalized spacial score (nSPS) is 13.8. The second-order valence-corrected chi connectivity index (χ2v) is 8.17. The van der Waals surface area contributed by atoms with E-state index in [1.807, 2.05) is 30.3 Å². The number of carbonyl (C=O) groups is 2. The van der Waals surface area contributed by atoms with Gasteiger partial charge in [0.15, 0.2) is 0 Å². The quantitative estimate of drug-likeness (QED) is 0.449. The molecule has 3 aromatic rings. The Balaban J connectivity index is 1.78. The number of hydrogen-bond acceptors (Lipinski definition) is 4. The van der Waals surface area contributed by atoms with Crippen molar-refractivity contribution in [3.63, 3.8) is 0 Å². The maximum Gasteiger partial charge on any atom is 0.272 e. The summed E-state index contributed by atoms with van der Waals surface area (Å²) in [5, 5.41) is 0.366. The van der Waals surface area contributed by atoms with E-state index in [9.17, 15) is 14.0 Å². The number of hydrogen-bond donors (Lipinski definition) is 0. The van der Waals surface area contributed by atoms with Crippen molar-refractivity contribution < 1.29 is 18.7 Å². The molecule has 0 radical (unpaired) electrons. The zero-order valence-corrected chi connectivity index (χ0v) is 18.0. The van der Waals surface area contributed by atoms with E-state index in [4.69, 9.17) is 16.3 Å². The molecule has 0 N–H and O–H groups in total. The molecule has 4 nitrogen and oxygen atoms in total. The Bertz CT molecular complexity index is 1180. The molecule has 0 aliphatic carbocycles. The van der Waals surface area contributed by atoms with Crippen molar-refractivity contribution in [3.05, 3.63) is 99.7 Å². The predicted molar refractivity (Wildman–Crippen MR) is 122 cm³/mol. The zero-order chi connectivity index (χ0) is 22.0. The Hall–Kier alpha value is -3.09. The van der Waals surface area contributed by atoms with Crippen molar-refractivity contribution in [1.29, 1.82) is 0 Å². The summed E-state index contributed by atoms with van der Waals surface area (Å²) >= 11 is 7.40. The number of ether oxygens (including phenoxy) is 1. The fourth-order valence-corrected chi connectivity index (χ4v) is 4.54. The molecule has 2 amide bonds. The number of anilines is 1. The van der Waals surface area contributed by atoms with Crippen molar-refractivity contribution in [2.75, 3.05) is 12.0 Å². The molecular formula is C24H17ClFNO3S. The molecule has 0 bridgehead atoms. The number of benzene rings is 3. The van der Waals surface area contributed by atoms with Crippen LogP contribution < -0.4 is 9.64 Å². The lowest BCUT2D eigenvalue weighted by Crippen LogP contribution is -2.31. The Morgan fingerprint density at radius 1 is 0.968 bits per heavy atom. The highest BCUT2D eigenvalue weighted by Crippen LogP contribution is 2.42. The summed E-state index contributed by atoms with van der Waals surface area (Å²) in [6.45, 7) is 0. The number of thioether (sulfide) groups is 1. The first kappa shape index (κ1) is 21.2. The first-order valence-electron chi connectivity index (χ1n) is 9.39. The van der Waals surface area contributed by atoms with Crippen molar-refractivity contribution in [1.82, 2.24) is 0 Å². The van der Waals surface area contributed by atoms with E-state index in [0.717, 1.165) is 10.5 Å². The third kappa shape index (κ3) is 4.22. The molecule has 1 heterocycles. The summed E-state index contributed by atoms with van der Waals surface area (Å²) < 4.78 is 18.8. The molecule has 0 saturated carbocycles. The van der Waals surface area contributed by atoms with Gasteiger partial charge in [0.2, 0.25) is 0 Å². The SMILES string of the molecule is COc1ccc(Cl)cc1N1C(=O)C(SCc2ccccc2)=C(c2ccc(F)cc2)C1=O. The van der Waals surface area contributed by atoms with Gasteiger partial charge in [0.05, 0.1) is 23.3 Å². The van der Waals surface area contributed by atoms with Crippen LogP contribution in [0.4, 0.5) is 10.1 Å². The number of carbonyl (C=O) groups excluding carboxylic acids is 2. The highest BCUT2D eigenvalue weighted by atomic mass is 35.5. The smallest absolute Gasteiger partial charge is 0.272 e. The average Bonchev–Trinajstić information content (AvgIpc) is 3.03. The van der Waals surface area contributed by atoms with Crippen LogP contribution >= 0.6 is 23.4 Å². The average molecular weight is 454 g/mol. The first-order chi connectivity index (χ1) is 15.0. The lowest BCUT2D eigenvalue weighted by molar-refractivity contribution is -0.119. The summed E-state index contributed by atoms with van der Waals surface area (Å²) in [7, 11) is 1.46. The van der Waals surface area contributed by atoms with Gasteiger partial charge in [-0.05, 0) is 41.5 Å². The molecule has 3 aromatic carbocycles. The molecule has 4 rings (SSSR count). The van der Waals surface area contributed by atoms with E-state index in [2.05, 4.69) is 0 Å². The Morgan fingerprint density at radius 3 is 2.35 bits per heavy atom. The van der Waals surface area contributed by atoms with Gasteiger partial charge < -0.3 is 4.74 Å². The maximum absolute atomic E-state index is 13.5. The third-order valence-corrected chi connectivity index (χ3v) is 6.16. The number of imide groups is 1. The lowest BCUT2D eigenvalue weighted by Gasteiger charge is -2.18. The molecule has 0 atom stereocenters. The molecule has 0 aromatic heterocycles. The minimum atomic E-state index is -0.507. The van der Waals surface area contributed by atoms with Gasteiger partial charge >= 0.3 is 0 Å². The predicted octanol–water partition coefficient (Wildman–Crippen LogP) is 5.71. The molecular weight excluding hydrogens is 437 g/mol. The van der Waals surface area contributed by atoms with Crippen molar-refractivity contribution in [2.24, 2.45) is 0 Å². The minimum Gasteiger partial charge on any atom is -0.495 e. The van der Waals surface area contributed by atoms with E-state index in [-0.39, 0.29) is 11.3 Å².